The third-order valence-electron chi connectivity index (χ3n) is 3.96. The van der Waals surface area contributed by atoms with Gasteiger partial charge in [0.2, 0.25) is 5.78 Å². The standard InChI is InChI=1S/C18H21N5O2/c1-11-7-12(2)23-10-14(22-18(23)21-11)9-20-15-8-13(17(24)19-3)5-6-16(15)25-4/h5-8,10,20H,9H2,1-4H3,(H,19,24). The molecule has 2 aromatic heterocycles. The second-order valence-electron chi connectivity index (χ2n) is 5.79. The molecule has 0 spiro atoms. The van der Waals surface area contributed by atoms with Crippen molar-refractivity contribution in [1.82, 2.24) is 19.7 Å². The Labute approximate surface area is 146 Å². The van der Waals surface area contributed by atoms with Crippen LogP contribution >= 0.6 is 0 Å². The van der Waals surface area contributed by atoms with E-state index in [1.165, 1.54) is 0 Å². The average molecular weight is 339 g/mol. The summed E-state index contributed by atoms with van der Waals surface area (Å²) in [5.74, 6) is 1.20. The van der Waals surface area contributed by atoms with Crippen molar-refractivity contribution in [3.63, 3.8) is 0 Å². The van der Waals surface area contributed by atoms with Crippen LogP contribution in [0.4, 0.5) is 5.69 Å². The first kappa shape index (κ1) is 16.8. The van der Waals surface area contributed by atoms with E-state index in [4.69, 9.17) is 4.74 Å². The Morgan fingerprint density at radius 1 is 1.24 bits per heavy atom. The Morgan fingerprint density at radius 3 is 2.76 bits per heavy atom. The van der Waals surface area contributed by atoms with Crippen LogP contribution in [0.1, 0.15) is 27.4 Å². The van der Waals surface area contributed by atoms with Crippen LogP contribution in [-0.2, 0) is 6.54 Å². The third kappa shape index (κ3) is 3.40. The van der Waals surface area contributed by atoms with Crippen molar-refractivity contribution in [2.24, 2.45) is 0 Å². The quantitative estimate of drug-likeness (QED) is 0.746. The molecule has 0 saturated carbocycles. The molecule has 0 atom stereocenters. The molecule has 7 nitrogen and oxygen atoms in total. The van der Waals surface area contributed by atoms with E-state index in [0.717, 1.165) is 22.8 Å². The number of benzene rings is 1. The van der Waals surface area contributed by atoms with Crippen molar-refractivity contribution in [3.8, 4) is 5.75 Å². The number of nitrogens with one attached hydrogen (secondary N) is 2. The fraction of sp³-hybridized carbons (Fsp3) is 0.278. The molecule has 130 valence electrons. The van der Waals surface area contributed by atoms with Crippen molar-refractivity contribution >= 4 is 17.4 Å². The van der Waals surface area contributed by atoms with E-state index in [1.807, 2.05) is 30.5 Å². The lowest BCUT2D eigenvalue weighted by Gasteiger charge is -2.11. The summed E-state index contributed by atoms with van der Waals surface area (Å²) in [4.78, 5) is 20.8. The molecule has 0 bridgehead atoms. The summed E-state index contributed by atoms with van der Waals surface area (Å²) in [6.07, 6.45) is 1.96. The van der Waals surface area contributed by atoms with Gasteiger partial charge in [-0.15, -0.1) is 0 Å². The normalized spacial score (nSPS) is 10.7. The van der Waals surface area contributed by atoms with Gasteiger partial charge >= 0.3 is 0 Å². The highest BCUT2D eigenvalue weighted by Crippen LogP contribution is 2.26. The number of methoxy groups -OCH3 is 1. The van der Waals surface area contributed by atoms with Crippen LogP contribution in [-0.4, -0.2) is 34.4 Å². The molecule has 7 heteroatoms. The monoisotopic (exact) mass is 339 g/mol. The number of anilines is 1. The van der Waals surface area contributed by atoms with Gasteiger partial charge < -0.3 is 15.4 Å². The summed E-state index contributed by atoms with van der Waals surface area (Å²) in [6.45, 7) is 4.47. The van der Waals surface area contributed by atoms with Gasteiger partial charge in [-0.2, -0.15) is 0 Å². The van der Waals surface area contributed by atoms with Gasteiger partial charge in [-0.05, 0) is 38.1 Å². The third-order valence-corrected chi connectivity index (χ3v) is 3.96. The number of aryl methyl sites for hydroxylation is 2. The van der Waals surface area contributed by atoms with E-state index in [2.05, 4.69) is 20.6 Å². The second kappa shape index (κ2) is 6.80. The first-order chi connectivity index (χ1) is 12.0. The number of hydrogen-bond donors (Lipinski definition) is 2. The van der Waals surface area contributed by atoms with E-state index in [9.17, 15) is 4.79 Å². The Morgan fingerprint density at radius 2 is 2.04 bits per heavy atom. The fourth-order valence-electron chi connectivity index (χ4n) is 2.72. The molecule has 3 rings (SSSR count). The summed E-state index contributed by atoms with van der Waals surface area (Å²) in [6, 6.07) is 7.28. The highest BCUT2D eigenvalue weighted by Gasteiger charge is 2.10. The fourth-order valence-corrected chi connectivity index (χ4v) is 2.72. The molecule has 0 radical (unpaired) electrons. The van der Waals surface area contributed by atoms with Crippen molar-refractivity contribution in [1.29, 1.82) is 0 Å². The van der Waals surface area contributed by atoms with E-state index >= 15 is 0 Å². The van der Waals surface area contributed by atoms with Crippen LogP contribution in [0.3, 0.4) is 0 Å². The highest BCUT2D eigenvalue weighted by molar-refractivity contribution is 5.95. The molecule has 2 heterocycles. The van der Waals surface area contributed by atoms with Gasteiger partial charge in [0, 0.05) is 30.2 Å². The van der Waals surface area contributed by atoms with Crippen LogP contribution < -0.4 is 15.4 Å². The predicted octanol–water partition coefficient (Wildman–Crippen LogP) is 2.33. The van der Waals surface area contributed by atoms with Gasteiger partial charge in [0.05, 0.1) is 25.0 Å². The number of carbonyl (C=O) groups is 1. The van der Waals surface area contributed by atoms with Crippen LogP contribution in [0.15, 0.2) is 30.5 Å². The molecular weight excluding hydrogens is 318 g/mol. The van der Waals surface area contributed by atoms with Crippen molar-refractivity contribution in [2.45, 2.75) is 20.4 Å². The van der Waals surface area contributed by atoms with Crippen LogP contribution in [0, 0.1) is 13.8 Å². The summed E-state index contributed by atoms with van der Waals surface area (Å²) in [5.41, 5.74) is 4.18. The molecule has 25 heavy (non-hydrogen) atoms. The molecule has 1 amide bonds. The van der Waals surface area contributed by atoms with Crippen LogP contribution in [0.2, 0.25) is 0 Å². The molecule has 0 saturated heterocycles. The summed E-state index contributed by atoms with van der Waals surface area (Å²) in [7, 11) is 3.20. The van der Waals surface area contributed by atoms with Gasteiger partial charge in [0.15, 0.2) is 0 Å². The first-order valence-electron chi connectivity index (χ1n) is 7.98. The maximum atomic E-state index is 11.8. The Kier molecular flexibility index (Phi) is 4.56. The summed E-state index contributed by atoms with van der Waals surface area (Å²) >= 11 is 0. The molecule has 1 aromatic carbocycles. The zero-order chi connectivity index (χ0) is 18.0. The topological polar surface area (TPSA) is 80.5 Å². The molecule has 2 N–H and O–H groups in total. The molecule has 0 unspecified atom stereocenters. The minimum absolute atomic E-state index is 0.145. The van der Waals surface area contributed by atoms with E-state index < -0.39 is 0 Å². The molecule has 0 aliphatic carbocycles. The van der Waals surface area contributed by atoms with E-state index in [1.54, 1.807) is 32.4 Å². The Hall–Kier alpha value is -3.09. The molecule has 0 fully saturated rings. The van der Waals surface area contributed by atoms with Gasteiger partial charge in [-0.3, -0.25) is 9.20 Å². The molecule has 0 aliphatic rings. The Bertz CT molecular complexity index is 933. The van der Waals surface area contributed by atoms with Crippen LogP contribution in [0.25, 0.3) is 5.78 Å². The van der Waals surface area contributed by atoms with E-state index in [-0.39, 0.29) is 5.91 Å². The van der Waals surface area contributed by atoms with Crippen molar-refractivity contribution in [2.75, 3.05) is 19.5 Å². The number of imidazole rings is 1. The SMILES string of the molecule is CNC(=O)c1ccc(OC)c(NCc2cn3c(C)cc(C)nc3n2)c1. The summed E-state index contributed by atoms with van der Waals surface area (Å²) in [5, 5.41) is 5.90. The number of fused-ring (bicyclic) bond motifs is 1. The van der Waals surface area contributed by atoms with Crippen molar-refractivity contribution in [3.05, 3.63) is 53.1 Å². The molecule has 0 aliphatic heterocycles. The first-order valence-corrected chi connectivity index (χ1v) is 7.98. The number of ether oxygens (including phenoxy) is 1. The number of amides is 1. The van der Waals surface area contributed by atoms with E-state index in [0.29, 0.717) is 23.6 Å². The summed E-state index contributed by atoms with van der Waals surface area (Å²) < 4.78 is 7.32. The number of aromatic nitrogens is 3. The smallest absolute Gasteiger partial charge is 0.251 e. The zero-order valence-corrected chi connectivity index (χ0v) is 14.8. The number of rotatable bonds is 5. The van der Waals surface area contributed by atoms with Crippen molar-refractivity contribution < 1.29 is 9.53 Å². The van der Waals surface area contributed by atoms with Gasteiger partial charge in [0.1, 0.15) is 5.75 Å². The second-order valence-corrected chi connectivity index (χ2v) is 5.79. The minimum atomic E-state index is -0.145. The minimum Gasteiger partial charge on any atom is -0.495 e. The lowest BCUT2D eigenvalue weighted by molar-refractivity contribution is 0.0963. The maximum absolute atomic E-state index is 11.8. The lowest BCUT2D eigenvalue weighted by Crippen LogP contribution is -2.18. The number of carbonyl (C=O) groups excluding carboxylic acids is 1. The lowest BCUT2D eigenvalue weighted by atomic mass is 10.1. The number of nitrogens with zero attached hydrogens (tertiary/aromatic N) is 3. The maximum Gasteiger partial charge on any atom is 0.251 e. The van der Waals surface area contributed by atoms with Gasteiger partial charge in [-0.1, -0.05) is 0 Å². The molecular formula is C18H21N5O2. The zero-order valence-electron chi connectivity index (χ0n) is 14.8. The highest BCUT2D eigenvalue weighted by atomic mass is 16.5. The molecule has 3 aromatic rings. The Balaban J connectivity index is 1.85. The average Bonchev–Trinajstić information content (AvgIpc) is 3.02. The van der Waals surface area contributed by atoms with Gasteiger partial charge in [-0.25, -0.2) is 9.97 Å². The van der Waals surface area contributed by atoms with Gasteiger partial charge in [0.25, 0.3) is 5.91 Å². The predicted molar refractivity (Wildman–Crippen MR) is 96.2 cm³/mol. The number of hydrogen-bond acceptors (Lipinski definition) is 5. The van der Waals surface area contributed by atoms with Crippen LogP contribution in [0.5, 0.6) is 5.75 Å². The largest absolute Gasteiger partial charge is 0.495 e.